The first-order valence-corrected chi connectivity index (χ1v) is 8.12. The van der Waals surface area contributed by atoms with Crippen LogP contribution in [0.15, 0.2) is 12.4 Å². The fourth-order valence-corrected chi connectivity index (χ4v) is 2.99. The van der Waals surface area contributed by atoms with Gasteiger partial charge >= 0.3 is 0 Å². The van der Waals surface area contributed by atoms with Crippen LogP contribution in [-0.4, -0.2) is 35.0 Å². The molecule has 1 saturated heterocycles. The predicted molar refractivity (Wildman–Crippen MR) is 82.1 cm³/mol. The van der Waals surface area contributed by atoms with Gasteiger partial charge in [0.15, 0.2) is 0 Å². The minimum Gasteiger partial charge on any atom is -0.356 e. The maximum absolute atomic E-state index is 12.0. The minimum absolute atomic E-state index is 0.273. The summed E-state index contributed by atoms with van der Waals surface area (Å²) in [5.74, 6) is 1.58. The molecule has 0 aromatic carbocycles. The van der Waals surface area contributed by atoms with Gasteiger partial charge in [0, 0.05) is 36.8 Å². The second kappa shape index (κ2) is 6.41. The van der Waals surface area contributed by atoms with Crippen LogP contribution in [0.5, 0.6) is 0 Å². The Labute approximate surface area is 126 Å². The highest BCUT2D eigenvalue weighted by molar-refractivity contribution is 5.79. The fraction of sp³-hybridized carbons (Fsp3) is 0.688. The molecule has 21 heavy (non-hydrogen) atoms. The summed E-state index contributed by atoms with van der Waals surface area (Å²) in [5.41, 5.74) is 1.08. The average molecular weight is 288 g/mol. The highest BCUT2D eigenvalue weighted by atomic mass is 16.2. The molecule has 5 heteroatoms. The second-order valence-corrected chi connectivity index (χ2v) is 6.12. The van der Waals surface area contributed by atoms with Crippen LogP contribution in [0.3, 0.4) is 0 Å². The molecule has 0 unspecified atom stereocenters. The molecule has 1 aromatic heterocycles. The summed E-state index contributed by atoms with van der Waals surface area (Å²) in [6, 6.07) is 2.41. The van der Waals surface area contributed by atoms with Crippen molar-refractivity contribution in [1.82, 2.24) is 15.3 Å². The van der Waals surface area contributed by atoms with Crippen molar-refractivity contribution in [2.75, 3.05) is 18.0 Å². The number of hydrogen-bond acceptors (Lipinski definition) is 4. The smallest absolute Gasteiger partial charge is 0.223 e. The molecular formula is C16H24N4O. The monoisotopic (exact) mass is 288 g/mol. The Hall–Kier alpha value is -1.65. The van der Waals surface area contributed by atoms with E-state index in [1.807, 2.05) is 0 Å². The van der Waals surface area contributed by atoms with E-state index in [0.29, 0.717) is 6.04 Å². The van der Waals surface area contributed by atoms with Crippen molar-refractivity contribution in [2.45, 2.75) is 51.5 Å². The molecule has 1 amide bonds. The summed E-state index contributed by atoms with van der Waals surface area (Å²) < 4.78 is 0. The number of anilines is 1. The third-order valence-electron chi connectivity index (χ3n) is 4.71. The molecule has 1 aromatic rings. The lowest BCUT2D eigenvalue weighted by molar-refractivity contribution is -0.128. The van der Waals surface area contributed by atoms with Crippen LogP contribution in [0.2, 0.25) is 0 Å². The van der Waals surface area contributed by atoms with Crippen LogP contribution >= 0.6 is 0 Å². The van der Waals surface area contributed by atoms with Crippen LogP contribution in [0.1, 0.15) is 44.7 Å². The van der Waals surface area contributed by atoms with Gasteiger partial charge in [0.2, 0.25) is 5.91 Å². The van der Waals surface area contributed by atoms with Gasteiger partial charge in [0.1, 0.15) is 12.1 Å². The molecule has 0 atom stereocenters. The Morgan fingerprint density at radius 1 is 1.29 bits per heavy atom. The number of carbonyl (C=O) groups is 1. The zero-order valence-corrected chi connectivity index (χ0v) is 12.7. The van der Waals surface area contributed by atoms with Crippen LogP contribution in [0, 0.1) is 5.92 Å². The quantitative estimate of drug-likeness (QED) is 0.919. The van der Waals surface area contributed by atoms with Gasteiger partial charge < -0.3 is 10.2 Å². The van der Waals surface area contributed by atoms with Crippen molar-refractivity contribution in [2.24, 2.45) is 5.92 Å². The van der Waals surface area contributed by atoms with Gasteiger partial charge in [-0.2, -0.15) is 0 Å². The normalized spacial score (nSPS) is 20.1. The largest absolute Gasteiger partial charge is 0.356 e. The predicted octanol–water partition coefficient (Wildman–Crippen LogP) is 1.92. The van der Waals surface area contributed by atoms with E-state index in [0.717, 1.165) is 56.7 Å². The number of amides is 1. The number of carbonyl (C=O) groups excluding carboxylic acids is 1. The summed E-state index contributed by atoms with van der Waals surface area (Å²) in [7, 11) is 0. The number of hydrogen-bond donors (Lipinski definition) is 1. The van der Waals surface area contributed by atoms with Crippen LogP contribution in [-0.2, 0) is 11.2 Å². The van der Waals surface area contributed by atoms with E-state index in [1.165, 1.54) is 6.42 Å². The molecule has 0 spiro atoms. The van der Waals surface area contributed by atoms with E-state index in [-0.39, 0.29) is 11.8 Å². The first-order valence-electron chi connectivity index (χ1n) is 8.12. The Kier molecular flexibility index (Phi) is 4.36. The lowest BCUT2D eigenvalue weighted by Gasteiger charge is -2.34. The van der Waals surface area contributed by atoms with Gasteiger partial charge in [-0.05, 0) is 32.1 Å². The molecule has 3 rings (SSSR count). The summed E-state index contributed by atoms with van der Waals surface area (Å²) in [5, 5.41) is 3.22. The fourth-order valence-electron chi connectivity index (χ4n) is 2.99. The topological polar surface area (TPSA) is 58.1 Å². The van der Waals surface area contributed by atoms with Gasteiger partial charge in [-0.25, -0.2) is 9.97 Å². The van der Waals surface area contributed by atoms with Crippen molar-refractivity contribution >= 4 is 11.7 Å². The summed E-state index contributed by atoms with van der Waals surface area (Å²) >= 11 is 0. The van der Waals surface area contributed by atoms with Gasteiger partial charge in [-0.3, -0.25) is 4.79 Å². The molecule has 114 valence electrons. The van der Waals surface area contributed by atoms with Gasteiger partial charge in [0.25, 0.3) is 0 Å². The van der Waals surface area contributed by atoms with Crippen molar-refractivity contribution in [3.8, 4) is 0 Å². The van der Waals surface area contributed by atoms with Crippen molar-refractivity contribution < 1.29 is 4.79 Å². The van der Waals surface area contributed by atoms with E-state index in [1.54, 1.807) is 6.33 Å². The molecular weight excluding hydrogens is 264 g/mol. The van der Waals surface area contributed by atoms with Crippen molar-refractivity contribution in [3.63, 3.8) is 0 Å². The van der Waals surface area contributed by atoms with E-state index in [2.05, 4.69) is 33.2 Å². The molecule has 1 aliphatic heterocycles. The third kappa shape index (κ3) is 3.34. The molecule has 1 saturated carbocycles. The maximum Gasteiger partial charge on any atom is 0.223 e. The SMILES string of the molecule is CCc1cc(N2CCC(NC(=O)C3CCC3)CC2)ncn1. The summed E-state index contributed by atoms with van der Waals surface area (Å²) in [6.45, 7) is 4.01. The molecule has 1 aliphatic carbocycles. The number of piperidine rings is 1. The van der Waals surface area contributed by atoms with Crippen molar-refractivity contribution in [1.29, 1.82) is 0 Å². The maximum atomic E-state index is 12.0. The molecule has 2 fully saturated rings. The zero-order valence-electron chi connectivity index (χ0n) is 12.7. The molecule has 0 bridgehead atoms. The van der Waals surface area contributed by atoms with E-state index >= 15 is 0 Å². The zero-order chi connectivity index (χ0) is 14.7. The molecule has 2 aliphatic rings. The average Bonchev–Trinajstić information content (AvgIpc) is 2.46. The van der Waals surface area contributed by atoms with Gasteiger partial charge in [-0.15, -0.1) is 0 Å². The molecule has 1 N–H and O–H groups in total. The Balaban J connectivity index is 1.51. The van der Waals surface area contributed by atoms with Crippen LogP contribution in [0.25, 0.3) is 0 Å². The van der Waals surface area contributed by atoms with E-state index < -0.39 is 0 Å². The van der Waals surface area contributed by atoms with Gasteiger partial charge in [-0.1, -0.05) is 13.3 Å². The van der Waals surface area contributed by atoms with E-state index in [4.69, 9.17) is 0 Å². The molecule has 0 radical (unpaired) electrons. The Morgan fingerprint density at radius 3 is 2.67 bits per heavy atom. The van der Waals surface area contributed by atoms with Crippen LogP contribution < -0.4 is 10.2 Å². The number of nitrogens with one attached hydrogen (secondary N) is 1. The molecule has 2 heterocycles. The third-order valence-corrected chi connectivity index (χ3v) is 4.71. The summed E-state index contributed by atoms with van der Waals surface area (Å²) in [4.78, 5) is 22.9. The Morgan fingerprint density at radius 2 is 2.05 bits per heavy atom. The number of aryl methyl sites for hydroxylation is 1. The van der Waals surface area contributed by atoms with Gasteiger partial charge in [0.05, 0.1) is 0 Å². The standard InChI is InChI=1S/C16H24N4O/c1-2-13-10-15(18-11-17-13)20-8-6-14(7-9-20)19-16(21)12-4-3-5-12/h10-12,14H,2-9H2,1H3,(H,19,21). The highest BCUT2D eigenvalue weighted by Gasteiger charge is 2.28. The molecule has 5 nitrogen and oxygen atoms in total. The first-order chi connectivity index (χ1) is 10.3. The first kappa shape index (κ1) is 14.3. The second-order valence-electron chi connectivity index (χ2n) is 6.12. The summed E-state index contributed by atoms with van der Waals surface area (Å²) in [6.07, 6.45) is 7.96. The van der Waals surface area contributed by atoms with Crippen molar-refractivity contribution in [3.05, 3.63) is 18.1 Å². The van der Waals surface area contributed by atoms with E-state index in [9.17, 15) is 4.79 Å². The number of nitrogens with zero attached hydrogens (tertiary/aromatic N) is 3. The number of aromatic nitrogens is 2. The highest BCUT2D eigenvalue weighted by Crippen LogP contribution is 2.27. The lowest BCUT2D eigenvalue weighted by atomic mass is 9.84. The lowest BCUT2D eigenvalue weighted by Crippen LogP contribution is -2.47. The van der Waals surface area contributed by atoms with Crippen LogP contribution in [0.4, 0.5) is 5.82 Å². The minimum atomic E-state index is 0.273. The Bertz CT molecular complexity index is 493. The number of rotatable bonds is 4.